The molecule has 180 valence electrons. The molecule has 1 heterocycles. The van der Waals surface area contributed by atoms with Gasteiger partial charge < -0.3 is 9.84 Å². The van der Waals surface area contributed by atoms with Crippen LogP contribution >= 0.6 is 0 Å². The van der Waals surface area contributed by atoms with Gasteiger partial charge in [0, 0.05) is 0 Å². The molecular weight excluding hydrogens is 446 g/mol. The summed E-state index contributed by atoms with van der Waals surface area (Å²) in [6.45, 7) is 5.01. The first kappa shape index (κ1) is 24.0. The molecular formula is C27H27N3O5. The lowest BCUT2D eigenvalue weighted by Gasteiger charge is -2.27. The van der Waals surface area contributed by atoms with Crippen LogP contribution in [0.25, 0.3) is 10.9 Å². The molecule has 0 saturated heterocycles. The highest BCUT2D eigenvalue weighted by molar-refractivity contribution is 5.88. The number of nitrogens with zero attached hydrogens (tertiary/aromatic N) is 3. The normalized spacial score (nSPS) is 12.7. The second-order valence-corrected chi connectivity index (χ2v) is 9.58. The number of carbonyl (C=O) groups is 2. The number of fused-ring (bicyclic) bond motifs is 2. The SMILES string of the molecule is C#CCN(c1ccc(C(=O)O)cc1)n1c(COC(=O)C(C)(C)C)nc2cc3c(cc2c1=O)CCC3. The van der Waals surface area contributed by atoms with Crippen LogP contribution in [-0.4, -0.2) is 33.2 Å². The summed E-state index contributed by atoms with van der Waals surface area (Å²) < 4.78 is 6.86. The second-order valence-electron chi connectivity index (χ2n) is 9.58. The average Bonchev–Trinajstić information content (AvgIpc) is 3.27. The first-order chi connectivity index (χ1) is 16.6. The van der Waals surface area contributed by atoms with E-state index in [1.807, 2.05) is 12.1 Å². The summed E-state index contributed by atoms with van der Waals surface area (Å²) in [5.74, 6) is 1.28. The third-order valence-corrected chi connectivity index (χ3v) is 5.97. The highest BCUT2D eigenvalue weighted by Gasteiger charge is 2.26. The van der Waals surface area contributed by atoms with E-state index < -0.39 is 17.4 Å². The number of terminal acetylenes is 1. The first-order valence-corrected chi connectivity index (χ1v) is 11.4. The number of aromatic nitrogens is 2. The number of hydrogen-bond acceptors (Lipinski definition) is 6. The molecule has 35 heavy (non-hydrogen) atoms. The maximum atomic E-state index is 13.8. The van der Waals surface area contributed by atoms with Gasteiger partial charge in [0.2, 0.25) is 0 Å². The molecule has 0 bridgehead atoms. The van der Waals surface area contributed by atoms with Crippen molar-refractivity contribution in [1.82, 2.24) is 9.66 Å². The predicted octanol–water partition coefficient (Wildman–Crippen LogP) is 3.58. The molecule has 8 heteroatoms. The van der Waals surface area contributed by atoms with Crippen molar-refractivity contribution in [1.29, 1.82) is 0 Å². The van der Waals surface area contributed by atoms with Crippen LogP contribution in [-0.2, 0) is 29.0 Å². The molecule has 0 spiro atoms. The minimum atomic E-state index is -1.06. The highest BCUT2D eigenvalue weighted by Crippen LogP contribution is 2.26. The zero-order valence-corrected chi connectivity index (χ0v) is 20.0. The number of carbonyl (C=O) groups excluding carboxylic acids is 1. The van der Waals surface area contributed by atoms with E-state index in [2.05, 4.69) is 5.92 Å². The largest absolute Gasteiger partial charge is 0.478 e. The fourth-order valence-corrected chi connectivity index (χ4v) is 4.12. The van der Waals surface area contributed by atoms with Gasteiger partial charge in [0.1, 0.15) is 6.54 Å². The van der Waals surface area contributed by atoms with Gasteiger partial charge in [-0.2, -0.15) is 4.68 Å². The molecule has 0 unspecified atom stereocenters. The molecule has 0 atom stereocenters. The van der Waals surface area contributed by atoms with Crippen LogP contribution < -0.4 is 10.6 Å². The average molecular weight is 474 g/mol. The van der Waals surface area contributed by atoms with Gasteiger partial charge in [-0.25, -0.2) is 9.78 Å². The quantitative estimate of drug-likeness (QED) is 0.431. The number of ether oxygens (including phenoxy) is 1. The van der Waals surface area contributed by atoms with Gasteiger partial charge in [0.25, 0.3) is 5.56 Å². The summed E-state index contributed by atoms with van der Waals surface area (Å²) >= 11 is 0. The molecule has 1 aliphatic carbocycles. The van der Waals surface area contributed by atoms with Crippen LogP contribution in [0.2, 0.25) is 0 Å². The number of rotatable bonds is 6. The Hall–Kier alpha value is -4.12. The number of benzene rings is 2. The molecule has 0 fully saturated rings. The van der Waals surface area contributed by atoms with Gasteiger partial charge in [-0.05, 0) is 87.6 Å². The number of anilines is 1. The maximum absolute atomic E-state index is 13.8. The number of aryl methyl sites for hydroxylation is 2. The molecule has 1 aliphatic rings. The smallest absolute Gasteiger partial charge is 0.335 e. The van der Waals surface area contributed by atoms with E-state index in [0.717, 1.165) is 24.8 Å². The summed E-state index contributed by atoms with van der Waals surface area (Å²) in [6.07, 6.45) is 8.50. The highest BCUT2D eigenvalue weighted by atomic mass is 16.5. The zero-order chi connectivity index (χ0) is 25.3. The van der Waals surface area contributed by atoms with E-state index >= 15 is 0 Å². The lowest BCUT2D eigenvalue weighted by atomic mass is 9.97. The third-order valence-electron chi connectivity index (χ3n) is 5.97. The molecule has 0 aliphatic heterocycles. The van der Waals surface area contributed by atoms with Gasteiger partial charge in [0.05, 0.1) is 27.6 Å². The Morgan fingerprint density at radius 1 is 1.17 bits per heavy atom. The van der Waals surface area contributed by atoms with Crippen LogP contribution in [0, 0.1) is 17.8 Å². The van der Waals surface area contributed by atoms with Crippen LogP contribution in [0.4, 0.5) is 5.69 Å². The zero-order valence-electron chi connectivity index (χ0n) is 20.0. The van der Waals surface area contributed by atoms with Crippen molar-refractivity contribution in [2.75, 3.05) is 11.6 Å². The standard InChI is InChI=1S/C27H27N3O5/c1-5-13-29(20-11-9-17(10-12-20)25(32)33)30-23(16-35-26(34)27(2,3)4)28-22-15-19-8-6-7-18(19)14-21(22)24(30)31/h1,9-12,14-15H,6-8,13,16H2,2-4H3,(H,32,33). The first-order valence-electron chi connectivity index (χ1n) is 11.4. The Morgan fingerprint density at radius 3 is 2.43 bits per heavy atom. The van der Waals surface area contributed by atoms with Gasteiger partial charge in [-0.1, -0.05) is 5.92 Å². The molecule has 8 nitrogen and oxygen atoms in total. The predicted molar refractivity (Wildman–Crippen MR) is 132 cm³/mol. The van der Waals surface area contributed by atoms with Crippen molar-refractivity contribution < 1.29 is 19.4 Å². The van der Waals surface area contributed by atoms with Crippen molar-refractivity contribution >= 4 is 28.5 Å². The topological polar surface area (TPSA) is 102 Å². The van der Waals surface area contributed by atoms with E-state index in [0.29, 0.717) is 16.6 Å². The molecule has 3 aromatic rings. The van der Waals surface area contributed by atoms with Crippen molar-refractivity contribution in [3.63, 3.8) is 0 Å². The Labute approximate surface area is 203 Å². The minimum absolute atomic E-state index is 0.00463. The summed E-state index contributed by atoms with van der Waals surface area (Å²) in [4.78, 5) is 42.3. The van der Waals surface area contributed by atoms with Crippen LogP contribution in [0.5, 0.6) is 0 Å². The Balaban J connectivity index is 1.89. The summed E-state index contributed by atoms with van der Waals surface area (Å²) in [5, 5.41) is 11.2. The molecule has 0 radical (unpaired) electrons. The summed E-state index contributed by atoms with van der Waals surface area (Å²) in [7, 11) is 0. The van der Waals surface area contributed by atoms with Crippen LogP contribution in [0.15, 0.2) is 41.2 Å². The van der Waals surface area contributed by atoms with Gasteiger partial charge in [0.15, 0.2) is 12.4 Å². The lowest BCUT2D eigenvalue weighted by molar-refractivity contribution is -0.154. The monoisotopic (exact) mass is 473 g/mol. The number of carboxylic acids is 1. The summed E-state index contributed by atoms with van der Waals surface area (Å²) in [5.41, 5.74) is 2.37. The fraction of sp³-hybridized carbons (Fsp3) is 0.333. The molecule has 1 N–H and O–H groups in total. The van der Waals surface area contributed by atoms with Crippen molar-refractivity contribution in [3.8, 4) is 12.3 Å². The van der Waals surface area contributed by atoms with E-state index in [9.17, 15) is 19.5 Å². The Bertz CT molecular complexity index is 1410. The van der Waals surface area contributed by atoms with Crippen molar-refractivity contribution in [3.05, 3.63) is 69.3 Å². The van der Waals surface area contributed by atoms with Gasteiger partial charge in [-0.15, -0.1) is 6.42 Å². The van der Waals surface area contributed by atoms with Gasteiger partial charge in [-0.3, -0.25) is 14.6 Å². The number of aromatic carboxylic acids is 1. The maximum Gasteiger partial charge on any atom is 0.335 e. The van der Waals surface area contributed by atoms with Crippen LogP contribution in [0.3, 0.4) is 0 Å². The van der Waals surface area contributed by atoms with E-state index in [4.69, 9.17) is 16.1 Å². The van der Waals surface area contributed by atoms with E-state index in [1.165, 1.54) is 27.4 Å². The second kappa shape index (κ2) is 9.26. The number of esters is 1. The van der Waals surface area contributed by atoms with Crippen molar-refractivity contribution in [2.45, 2.75) is 46.6 Å². The summed E-state index contributed by atoms with van der Waals surface area (Å²) in [6, 6.07) is 9.84. The molecule has 0 amide bonds. The number of carboxylic acid groups (broad SMARTS) is 1. The molecule has 1 aromatic heterocycles. The van der Waals surface area contributed by atoms with Gasteiger partial charge >= 0.3 is 11.9 Å². The number of hydrogen-bond donors (Lipinski definition) is 1. The van der Waals surface area contributed by atoms with Crippen molar-refractivity contribution in [2.24, 2.45) is 5.41 Å². The lowest BCUT2D eigenvalue weighted by Crippen LogP contribution is -2.42. The van der Waals surface area contributed by atoms with Crippen LogP contribution in [0.1, 0.15) is 54.5 Å². The third kappa shape index (κ3) is 4.76. The Morgan fingerprint density at radius 2 is 1.83 bits per heavy atom. The minimum Gasteiger partial charge on any atom is -0.478 e. The van der Waals surface area contributed by atoms with E-state index in [-0.39, 0.29) is 30.1 Å². The molecule has 4 rings (SSSR count). The van der Waals surface area contributed by atoms with E-state index in [1.54, 1.807) is 32.9 Å². The molecule has 0 saturated carbocycles. The fourth-order valence-electron chi connectivity index (χ4n) is 4.12. The molecule has 2 aromatic carbocycles. The Kier molecular flexibility index (Phi) is 6.35.